The van der Waals surface area contributed by atoms with Crippen molar-refractivity contribution >= 4 is 0 Å². The average molecular weight is 332 g/mol. The van der Waals surface area contributed by atoms with Gasteiger partial charge in [0.15, 0.2) is 11.2 Å². The Balaban J connectivity index is 2.35. The van der Waals surface area contributed by atoms with E-state index in [1.165, 1.54) is 14.2 Å². The van der Waals surface area contributed by atoms with E-state index in [9.17, 15) is 5.26 Å². The van der Waals surface area contributed by atoms with Crippen LogP contribution in [0.2, 0.25) is 0 Å². The quantitative estimate of drug-likeness (QED) is 0.714. The molecule has 1 aromatic heterocycles. The summed E-state index contributed by atoms with van der Waals surface area (Å²) >= 11 is 0. The molecule has 6 nitrogen and oxygen atoms in total. The lowest BCUT2D eigenvalue weighted by molar-refractivity contribution is 0.334. The standard InChI is InChI=1S/C19H16N4O2/c1-24-17-21-16(22-18(23-17)25-2)19(13-20,14-9-5-3-6-10-14)15-11-7-4-8-12-15/h3-12H,1-2H3. The Morgan fingerprint density at radius 1 is 0.760 bits per heavy atom. The summed E-state index contributed by atoms with van der Waals surface area (Å²) in [5.41, 5.74) is 0.282. The zero-order valence-electron chi connectivity index (χ0n) is 13.9. The van der Waals surface area contributed by atoms with Gasteiger partial charge in [0.05, 0.1) is 20.3 Å². The third-order valence-corrected chi connectivity index (χ3v) is 3.88. The minimum atomic E-state index is -1.22. The number of aromatic nitrogens is 3. The van der Waals surface area contributed by atoms with Crippen molar-refractivity contribution in [2.75, 3.05) is 14.2 Å². The lowest BCUT2D eigenvalue weighted by Crippen LogP contribution is -2.30. The maximum atomic E-state index is 10.2. The van der Waals surface area contributed by atoms with Crippen molar-refractivity contribution in [3.63, 3.8) is 0 Å². The predicted molar refractivity (Wildman–Crippen MR) is 91.3 cm³/mol. The number of ether oxygens (including phenoxy) is 2. The first-order valence-corrected chi connectivity index (χ1v) is 7.61. The van der Waals surface area contributed by atoms with E-state index in [0.717, 1.165) is 11.1 Å². The minimum absolute atomic E-state index is 0.0911. The highest BCUT2D eigenvalue weighted by atomic mass is 16.5. The third-order valence-electron chi connectivity index (χ3n) is 3.88. The smallest absolute Gasteiger partial charge is 0.322 e. The summed E-state index contributed by atoms with van der Waals surface area (Å²) in [6.45, 7) is 0. The fraction of sp³-hybridized carbons (Fsp3) is 0.158. The fourth-order valence-corrected chi connectivity index (χ4v) is 2.67. The van der Waals surface area contributed by atoms with Gasteiger partial charge in [0.2, 0.25) is 0 Å². The molecule has 1 heterocycles. The Morgan fingerprint density at radius 2 is 1.20 bits per heavy atom. The van der Waals surface area contributed by atoms with E-state index < -0.39 is 5.41 Å². The summed E-state index contributed by atoms with van der Waals surface area (Å²) < 4.78 is 10.3. The van der Waals surface area contributed by atoms with E-state index in [2.05, 4.69) is 21.0 Å². The van der Waals surface area contributed by atoms with Crippen molar-refractivity contribution in [1.82, 2.24) is 15.0 Å². The first-order chi connectivity index (χ1) is 12.2. The summed E-state index contributed by atoms with van der Waals surface area (Å²) in [5, 5.41) is 10.2. The molecule has 124 valence electrons. The highest BCUT2D eigenvalue weighted by Gasteiger charge is 2.40. The van der Waals surface area contributed by atoms with E-state index in [0.29, 0.717) is 0 Å². The van der Waals surface area contributed by atoms with Crippen LogP contribution in [-0.4, -0.2) is 29.2 Å². The predicted octanol–water partition coefficient (Wildman–Crippen LogP) is 2.75. The Kier molecular flexibility index (Phi) is 4.57. The highest BCUT2D eigenvalue weighted by molar-refractivity contribution is 5.52. The molecule has 0 aliphatic carbocycles. The topological polar surface area (TPSA) is 80.9 Å². The molecular formula is C19H16N4O2. The summed E-state index contributed by atoms with van der Waals surface area (Å²) in [6.07, 6.45) is 0. The molecule has 0 unspecified atom stereocenters. The van der Waals surface area contributed by atoms with Crippen molar-refractivity contribution in [2.45, 2.75) is 5.41 Å². The lowest BCUT2D eigenvalue weighted by Gasteiger charge is -2.26. The molecule has 3 rings (SSSR count). The maximum Gasteiger partial charge on any atom is 0.322 e. The average Bonchev–Trinajstić information content (AvgIpc) is 2.70. The highest BCUT2D eigenvalue weighted by Crippen LogP contribution is 2.37. The van der Waals surface area contributed by atoms with Gasteiger partial charge in [-0.15, -0.1) is 4.98 Å². The van der Waals surface area contributed by atoms with Crippen LogP contribution in [0.4, 0.5) is 0 Å². The van der Waals surface area contributed by atoms with Crippen molar-refractivity contribution in [1.29, 1.82) is 5.26 Å². The lowest BCUT2D eigenvalue weighted by atomic mass is 9.75. The van der Waals surface area contributed by atoms with Crippen LogP contribution in [-0.2, 0) is 5.41 Å². The van der Waals surface area contributed by atoms with E-state index in [1.54, 1.807) is 0 Å². The summed E-state index contributed by atoms with van der Waals surface area (Å²) in [5.74, 6) is 0.246. The second kappa shape index (κ2) is 6.97. The van der Waals surface area contributed by atoms with Gasteiger partial charge in [0, 0.05) is 0 Å². The first kappa shape index (κ1) is 16.4. The number of nitrogens with zero attached hydrogens (tertiary/aromatic N) is 4. The summed E-state index contributed by atoms with van der Waals surface area (Å²) in [6, 6.07) is 21.4. The number of methoxy groups -OCH3 is 2. The first-order valence-electron chi connectivity index (χ1n) is 7.61. The number of benzene rings is 2. The van der Waals surface area contributed by atoms with E-state index in [1.807, 2.05) is 60.7 Å². The van der Waals surface area contributed by atoms with Crippen LogP contribution in [0.5, 0.6) is 12.0 Å². The van der Waals surface area contributed by atoms with Gasteiger partial charge in [-0.3, -0.25) is 0 Å². The molecule has 0 saturated carbocycles. The molecule has 0 N–H and O–H groups in total. The number of nitriles is 1. The zero-order chi connectivity index (χ0) is 17.7. The molecule has 2 aromatic carbocycles. The number of hydrogen-bond acceptors (Lipinski definition) is 6. The molecule has 0 bridgehead atoms. The van der Waals surface area contributed by atoms with E-state index in [-0.39, 0.29) is 17.8 Å². The molecular weight excluding hydrogens is 316 g/mol. The molecule has 0 radical (unpaired) electrons. The molecule has 6 heteroatoms. The molecule has 0 aliphatic rings. The molecule has 0 spiro atoms. The van der Waals surface area contributed by atoms with Crippen LogP contribution >= 0.6 is 0 Å². The molecule has 25 heavy (non-hydrogen) atoms. The van der Waals surface area contributed by atoms with Crippen LogP contribution in [0, 0.1) is 11.3 Å². The maximum absolute atomic E-state index is 10.2. The van der Waals surface area contributed by atoms with Crippen LogP contribution in [0.1, 0.15) is 17.0 Å². The summed E-state index contributed by atoms with van der Waals surface area (Å²) in [4.78, 5) is 12.7. The van der Waals surface area contributed by atoms with Crippen LogP contribution < -0.4 is 9.47 Å². The number of rotatable bonds is 5. The minimum Gasteiger partial charge on any atom is -0.467 e. The molecule has 0 fully saturated rings. The van der Waals surface area contributed by atoms with Gasteiger partial charge in [-0.2, -0.15) is 15.2 Å². The SMILES string of the molecule is COc1nc(OC)nc(C(C#N)(c2ccccc2)c2ccccc2)n1. The molecule has 3 aromatic rings. The summed E-state index contributed by atoms with van der Waals surface area (Å²) in [7, 11) is 2.91. The Hall–Kier alpha value is -3.46. The van der Waals surface area contributed by atoms with Gasteiger partial charge in [-0.1, -0.05) is 60.7 Å². The normalized spacial score (nSPS) is 10.8. The van der Waals surface area contributed by atoms with Gasteiger partial charge >= 0.3 is 12.0 Å². The fourth-order valence-electron chi connectivity index (χ4n) is 2.67. The third kappa shape index (κ3) is 2.88. The van der Waals surface area contributed by atoms with Crippen molar-refractivity contribution < 1.29 is 9.47 Å². The Labute approximate surface area is 145 Å². The van der Waals surface area contributed by atoms with Crippen molar-refractivity contribution in [3.05, 3.63) is 77.6 Å². The second-order valence-corrected chi connectivity index (χ2v) is 5.23. The molecule has 0 aliphatic heterocycles. The monoisotopic (exact) mass is 332 g/mol. The Bertz CT molecular complexity index is 831. The zero-order valence-corrected chi connectivity index (χ0v) is 13.9. The van der Waals surface area contributed by atoms with E-state index in [4.69, 9.17) is 9.47 Å². The van der Waals surface area contributed by atoms with Gasteiger partial charge in [0.1, 0.15) is 0 Å². The Morgan fingerprint density at radius 3 is 1.56 bits per heavy atom. The molecule has 0 atom stereocenters. The van der Waals surface area contributed by atoms with Gasteiger partial charge in [-0.25, -0.2) is 0 Å². The van der Waals surface area contributed by atoms with Crippen LogP contribution in [0.15, 0.2) is 60.7 Å². The number of hydrogen-bond donors (Lipinski definition) is 0. The van der Waals surface area contributed by atoms with Gasteiger partial charge in [0.25, 0.3) is 0 Å². The van der Waals surface area contributed by atoms with Crippen molar-refractivity contribution in [2.24, 2.45) is 0 Å². The van der Waals surface area contributed by atoms with Gasteiger partial charge < -0.3 is 9.47 Å². The molecule has 0 saturated heterocycles. The largest absolute Gasteiger partial charge is 0.467 e. The van der Waals surface area contributed by atoms with Crippen LogP contribution in [0.3, 0.4) is 0 Å². The van der Waals surface area contributed by atoms with E-state index >= 15 is 0 Å². The van der Waals surface area contributed by atoms with Crippen molar-refractivity contribution in [3.8, 4) is 18.1 Å². The molecule has 0 amide bonds. The van der Waals surface area contributed by atoms with Gasteiger partial charge in [-0.05, 0) is 11.1 Å². The second-order valence-electron chi connectivity index (χ2n) is 5.23. The van der Waals surface area contributed by atoms with Crippen LogP contribution in [0.25, 0.3) is 0 Å².